The zero-order chi connectivity index (χ0) is 19.4. The van der Waals surface area contributed by atoms with Gasteiger partial charge in [-0.1, -0.05) is 50.2 Å². The molecule has 0 radical (unpaired) electrons. The number of alkyl halides is 3. The summed E-state index contributed by atoms with van der Waals surface area (Å²) >= 11 is 0. The van der Waals surface area contributed by atoms with Crippen molar-refractivity contribution >= 4 is 12.4 Å². The lowest BCUT2D eigenvalue weighted by Crippen LogP contribution is -2.45. The third kappa shape index (κ3) is 5.72. The Labute approximate surface area is 171 Å². The summed E-state index contributed by atoms with van der Waals surface area (Å²) in [6, 6.07) is 14.1. The Morgan fingerprint density at radius 2 is 1.39 bits per heavy atom. The molecule has 154 valence electrons. The van der Waals surface area contributed by atoms with Gasteiger partial charge in [0, 0.05) is 32.2 Å². The van der Waals surface area contributed by atoms with Crippen LogP contribution in [0.3, 0.4) is 0 Å². The van der Waals surface area contributed by atoms with E-state index in [1.807, 2.05) is 12.1 Å². The van der Waals surface area contributed by atoms with Gasteiger partial charge in [0.2, 0.25) is 0 Å². The normalized spacial score (nSPS) is 16.6. The number of rotatable bonds is 5. The van der Waals surface area contributed by atoms with E-state index in [0.29, 0.717) is 12.0 Å². The van der Waals surface area contributed by atoms with Crippen molar-refractivity contribution in [1.29, 1.82) is 0 Å². The van der Waals surface area contributed by atoms with Crippen molar-refractivity contribution < 1.29 is 13.2 Å². The number of benzene rings is 2. The molecule has 0 spiro atoms. The molecule has 1 aliphatic rings. The zero-order valence-corrected chi connectivity index (χ0v) is 17.1. The molecule has 1 saturated heterocycles. The summed E-state index contributed by atoms with van der Waals surface area (Å²) in [5.41, 5.74) is 2.41. The van der Waals surface area contributed by atoms with E-state index in [2.05, 4.69) is 36.2 Å². The first-order chi connectivity index (χ1) is 12.8. The lowest BCUT2D eigenvalue weighted by atomic mass is 9.93. The summed E-state index contributed by atoms with van der Waals surface area (Å²) in [4.78, 5) is 2.53. The second-order valence-electron chi connectivity index (χ2n) is 7.63. The van der Waals surface area contributed by atoms with E-state index >= 15 is 0 Å². The van der Waals surface area contributed by atoms with Crippen molar-refractivity contribution in [2.24, 2.45) is 5.92 Å². The van der Waals surface area contributed by atoms with Crippen LogP contribution in [0.2, 0.25) is 0 Å². The largest absolute Gasteiger partial charge is 0.416 e. The van der Waals surface area contributed by atoms with Crippen LogP contribution in [0.4, 0.5) is 13.2 Å². The van der Waals surface area contributed by atoms with Crippen LogP contribution in [0.1, 0.15) is 37.4 Å². The molecule has 0 unspecified atom stereocenters. The van der Waals surface area contributed by atoms with Gasteiger partial charge in [-0.2, -0.15) is 13.2 Å². The first-order valence-electron chi connectivity index (χ1n) is 9.57. The SMILES string of the molecule is CC(C)C[C@@H](c1ccc(-c2ccc(C(F)(F)F)cc2)cc1)N1CCNCC1.Cl. The molecule has 3 rings (SSSR count). The average molecular weight is 413 g/mol. The number of nitrogens with zero attached hydrogens (tertiary/aromatic N) is 1. The fourth-order valence-electron chi connectivity index (χ4n) is 3.69. The van der Waals surface area contributed by atoms with E-state index in [-0.39, 0.29) is 12.4 Å². The molecule has 1 aliphatic heterocycles. The summed E-state index contributed by atoms with van der Waals surface area (Å²) in [6.45, 7) is 8.59. The molecule has 2 aromatic carbocycles. The second kappa shape index (κ2) is 9.77. The molecule has 1 fully saturated rings. The monoisotopic (exact) mass is 412 g/mol. The standard InChI is InChI=1S/C22H27F3N2.ClH/c1-16(2)15-21(27-13-11-26-12-14-27)19-5-3-17(4-6-19)18-7-9-20(10-8-18)22(23,24)25;/h3-10,16,21,26H,11-15H2,1-2H3;1H/t21-;/m0./s1. The van der Waals surface area contributed by atoms with Gasteiger partial charge in [-0.3, -0.25) is 4.90 Å². The van der Waals surface area contributed by atoms with Crippen LogP contribution in [0.15, 0.2) is 48.5 Å². The van der Waals surface area contributed by atoms with Gasteiger partial charge in [0.1, 0.15) is 0 Å². The van der Waals surface area contributed by atoms with E-state index in [1.165, 1.54) is 5.56 Å². The Balaban J connectivity index is 0.00000280. The number of hydrogen-bond donors (Lipinski definition) is 1. The topological polar surface area (TPSA) is 15.3 Å². The van der Waals surface area contributed by atoms with E-state index in [1.54, 1.807) is 12.1 Å². The highest BCUT2D eigenvalue weighted by Gasteiger charge is 2.30. The maximum Gasteiger partial charge on any atom is 0.416 e. The van der Waals surface area contributed by atoms with Crippen molar-refractivity contribution in [3.05, 3.63) is 59.7 Å². The fourth-order valence-corrected chi connectivity index (χ4v) is 3.69. The summed E-state index contributed by atoms with van der Waals surface area (Å²) < 4.78 is 38.2. The first kappa shape index (κ1) is 22.7. The second-order valence-corrected chi connectivity index (χ2v) is 7.63. The van der Waals surface area contributed by atoms with Gasteiger partial charge in [-0.15, -0.1) is 12.4 Å². The molecule has 0 aliphatic carbocycles. The van der Waals surface area contributed by atoms with Crippen LogP contribution in [0, 0.1) is 5.92 Å². The average Bonchev–Trinajstić information content (AvgIpc) is 2.66. The van der Waals surface area contributed by atoms with E-state index in [4.69, 9.17) is 0 Å². The van der Waals surface area contributed by atoms with Gasteiger partial charge >= 0.3 is 6.18 Å². The number of nitrogens with one attached hydrogen (secondary N) is 1. The van der Waals surface area contributed by atoms with Gasteiger partial charge in [0.25, 0.3) is 0 Å². The quantitative estimate of drug-likeness (QED) is 0.669. The molecule has 0 amide bonds. The minimum atomic E-state index is -4.30. The third-order valence-corrected chi connectivity index (χ3v) is 5.13. The lowest BCUT2D eigenvalue weighted by Gasteiger charge is -2.36. The van der Waals surface area contributed by atoms with Crippen molar-refractivity contribution in [2.45, 2.75) is 32.5 Å². The molecule has 1 atom stereocenters. The molecule has 0 aromatic heterocycles. The summed E-state index contributed by atoms with van der Waals surface area (Å²) in [7, 11) is 0. The molecule has 1 heterocycles. The van der Waals surface area contributed by atoms with Gasteiger partial charge in [-0.05, 0) is 41.2 Å². The minimum absolute atomic E-state index is 0. The molecule has 28 heavy (non-hydrogen) atoms. The maximum absolute atomic E-state index is 12.7. The molecular weight excluding hydrogens is 385 g/mol. The molecular formula is C22H28ClF3N2. The van der Waals surface area contributed by atoms with Crippen LogP contribution in [-0.4, -0.2) is 31.1 Å². The Morgan fingerprint density at radius 1 is 0.893 bits per heavy atom. The third-order valence-electron chi connectivity index (χ3n) is 5.13. The van der Waals surface area contributed by atoms with Crippen molar-refractivity contribution in [3.8, 4) is 11.1 Å². The first-order valence-corrected chi connectivity index (χ1v) is 9.57. The van der Waals surface area contributed by atoms with Crippen LogP contribution < -0.4 is 5.32 Å². The van der Waals surface area contributed by atoms with Crippen molar-refractivity contribution in [3.63, 3.8) is 0 Å². The molecule has 2 nitrogen and oxygen atoms in total. The molecule has 0 saturated carbocycles. The van der Waals surface area contributed by atoms with Crippen LogP contribution in [0.25, 0.3) is 11.1 Å². The highest BCUT2D eigenvalue weighted by atomic mass is 35.5. The molecule has 6 heteroatoms. The van der Waals surface area contributed by atoms with Gasteiger partial charge in [0.15, 0.2) is 0 Å². The van der Waals surface area contributed by atoms with Crippen molar-refractivity contribution in [2.75, 3.05) is 26.2 Å². The number of halogens is 4. The predicted molar refractivity (Wildman–Crippen MR) is 111 cm³/mol. The Bertz CT molecular complexity index is 721. The summed E-state index contributed by atoms with van der Waals surface area (Å²) in [5.74, 6) is 0.597. The summed E-state index contributed by atoms with van der Waals surface area (Å²) in [6.07, 6.45) is -3.20. The maximum atomic E-state index is 12.7. The highest BCUT2D eigenvalue weighted by Crippen LogP contribution is 2.32. The van der Waals surface area contributed by atoms with E-state index in [9.17, 15) is 13.2 Å². The van der Waals surface area contributed by atoms with Gasteiger partial charge in [-0.25, -0.2) is 0 Å². The summed E-state index contributed by atoms with van der Waals surface area (Å²) in [5, 5.41) is 3.40. The predicted octanol–water partition coefficient (Wildman–Crippen LogP) is 5.79. The Hall–Kier alpha value is -1.56. The molecule has 0 bridgehead atoms. The van der Waals surface area contributed by atoms with Gasteiger partial charge in [0.05, 0.1) is 5.56 Å². The van der Waals surface area contributed by atoms with Crippen LogP contribution >= 0.6 is 12.4 Å². The number of piperazine rings is 1. The Kier molecular flexibility index (Phi) is 7.93. The Morgan fingerprint density at radius 3 is 1.86 bits per heavy atom. The van der Waals surface area contributed by atoms with E-state index < -0.39 is 11.7 Å². The smallest absolute Gasteiger partial charge is 0.314 e. The lowest BCUT2D eigenvalue weighted by molar-refractivity contribution is -0.137. The highest BCUT2D eigenvalue weighted by molar-refractivity contribution is 5.85. The number of hydrogen-bond acceptors (Lipinski definition) is 2. The molecule has 1 N–H and O–H groups in total. The molecule has 2 aromatic rings. The van der Waals surface area contributed by atoms with Crippen LogP contribution in [-0.2, 0) is 6.18 Å². The minimum Gasteiger partial charge on any atom is -0.314 e. The zero-order valence-electron chi connectivity index (χ0n) is 16.3. The van der Waals surface area contributed by atoms with Crippen LogP contribution in [0.5, 0.6) is 0 Å². The van der Waals surface area contributed by atoms with E-state index in [0.717, 1.165) is 55.9 Å². The van der Waals surface area contributed by atoms with Crippen molar-refractivity contribution in [1.82, 2.24) is 10.2 Å². The fraction of sp³-hybridized carbons (Fsp3) is 0.455. The van der Waals surface area contributed by atoms with Gasteiger partial charge < -0.3 is 5.32 Å².